The molecule has 0 atom stereocenters. The second kappa shape index (κ2) is 10.1. The number of hydrogen-bond acceptors (Lipinski definition) is 5. The van der Waals surface area contributed by atoms with Crippen molar-refractivity contribution in [3.63, 3.8) is 0 Å². The van der Waals surface area contributed by atoms with Gasteiger partial charge in [-0.25, -0.2) is 14.1 Å². The number of rotatable bonds is 9. The molecule has 2 aromatic heterocycles. The average Bonchev–Trinajstić information content (AvgIpc) is 3.07. The van der Waals surface area contributed by atoms with Crippen LogP contribution in [0.15, 0.2) is 24.3 Å². The number of methoxy groups -OCH3 is 1. The maximum absolute atomic E-state index is 14.2. The molecule has 0 unspecified atom stereocenters. The van der Waals surface area contributed by atoms with Crippen LogP contribution in [0.2, 0.25) is 0 Å². The summed E-state index contributed by atoms with van der Waals surface area (Å²) in [5.41, 5.74) is 4.21. The first kappa shape index (κ1) is 23.7. The van der Waals surface area contributed by atoms with E-state index in [2.05, 4.69) is 5.10 Å². The first-order chi connectivity index (χ1) is 15.2. The molecule has 3 rings (SSSR count). The summed E-state index contributed by atoms with van der Waals surface area (Å²) in [6.07, 6.45) is 0.868. The maximum Gasteiger partial charge on any atom is 0.242 e. The molecule has 32 heavy (non-hydrogen) atoms. The Morgan fingerprint density at radius 1 is 1.19 bits per heavy atom. The summed E-state index contributed by atoms with van der Waals surface area (Å²) in [4.78, 5) is 21.6. The molecule has 2 heterocycles. The lowest BCUT2D eigenvalue weighted by Crippen LogP contribution is -2.36. The van der Waals surface area contributed by atoms with Crippen molar-refractivity contribution in [3.05, 3.63) is 52.5 Å². The fourth-order valence-corrected chi connectivity index (χ4v) is 3.94. The van der Waals surface area contributed by atoms with Gasteiger partial charge < -0.3 is 14.5 Å². The molecule has 0 fully saturated rings. The van der Waals surface area contributed by atoms with Crippen LogP contribution in [0.1, 0.15) is 28.8 Å². The molecule has 0 bridgehead atoms. The Morgan fingerprint density at radius 3 is 2.56 bits per heavy atom. The van der Waals surface area contributed by atoms with Crippen LogP contribution < -0.4 is 4.74 Å². The van der Waals surface area contributed by atoms with Crippen LogP contribution in [-0.2, 0) is 24.8 Å². The number of amides is 1. The quantitative estimate of drug-likeness (QED) is 0.510. The number of benzene rings is 1. The van der Waals surface area contributed by atoms with Gasteiger partial charge in [-0.15, -0.1) is 5.10 Å². The third kappa shape index (κ3) is 5.07. The van der Waals surface area contributed by atoms with Gasteiger partial charge in [-0.2, -0.15) is 0 Å². The van der Waals surface area contributed by atoms with E-state index in [4.69, 9.17) is 9.72 Å². The maximum atomic E-state index is 14.2. The lowest BCUT2D eigenvalue weighted by atomic mass is 10.00. The summed E-state index contributed by atoms with van der Waals surface area (Å²) < 4.78 is 21.4. The van der Waals surface area contributed by atoms with E-state index in [0.29, 0.717) is 37.4 Å². The largest absolute Gasteiger partial charge is 0.479 e. The summed E-state index contributed by atoms with van der Waals surface area (Å²) in [6.45, 7) is 5.47. The number of ether oxygens (including phenoxy) is 1. The van der Waals surface area contributed by atoms with E-state index in [9.17, 15) is 9.18 Å². The van der Waals surface area contributed by atoms with Crippen molar-refractivity contribution in [3.8, 4) is 5.88 Å². The van der Waals surface area contributed by atoms with Crippen molar-refractivity contribution in [2.45, 2.75) is 33.2 Å². The van der Waals surface area contributed by atoms with E-state index in [0.717, 1.165) is 27.9 Å². The van der Waals surface area contributed by atoms with Gasteiger partial charge in [0.25, 0.3) is 0 Å². The zero-order valence-corrected chi connectivity index (χ0v) is 19.8. The monoisotopic (exact) mass is 441 g/mol. The molecule has 0 spiro atoms. The second-order valence-electron chi connectivity index (χ2n) is 8.34. The molecule has 172 valence electrons. The molecule has 0 saturated carbocycles. The summed E-state index contributed by atoms with van der Waals surface area (Å²) in [7, 11) is 7.35. The van der Waals surface area contributed by atoms with Gasteiger partial charge in [0, 0.05) is 44.4 Å². The molecular weight excluding hydrogens is 409 g/mol. The molecule has 1 amide bonds. The fourth-order valence-electron chi connectivity index (χ4n) is 3.94. The van der Waals surface area contributed by atoms with Crippen LogP contribution in [0.4, 0.5) is 4.39 Å². The number of aromatic nitrogens is 3. The summed E-state index contributed by atoms with van der Waals surface area (Å²) >= 11 is 0. The number of aryl methyl sites for hydroxylation is 3. The number of halogens is 1. The Morgan fingerprint density at radius 2 is 1.91 bits per heavy atom. The molecule has 0 aliphatic carbocycles. The Balaban J connectivity index is 1.82. The lowest BCUT2D eigenvalue weighted by Gasteiger charge is -2.25. The summed E-state index contributed by atoms with van der Waals surface area (Å²) in [5.74, 6) is 0.236. The zero-order valence-electron chi connectivity index (χ0n) is 19.8. The van der Waals surface area contributed by atoms with Gasteiger partial charge in [-0.1, -0.05) is 18.2 Å². The van der Waals surface area contributed by atoms with Gasteiger partial charge in [-0.3, -0.25) is 4.79 Å². The van der Waals surface area contributed by atoms with Crippen LogP contribution in [0.5, 0.6) is 5.88 Å². The standard InChI is InChI=1S/C24H32FN5O2/c1-16-19(17(2)26-23-22(16)24(32-6)27-29(23)5)11-12-21(31)30(14-13-28(3)4)15-18-9-7-8-10-20(18)25/h7-10H,11-15H2,1-6H3. The number of fused-ring (bicyclic) bond motifs is 1. The Hall–Kier alpha value is -3.00. The van der Waals surface area contributed by atoms with E-state index >= 15 is 0 Å². The van der Waals surface area contributed by atoms with Crippen LogP contribution in [0.25, 0.3) is 11.0 Å². The Kier molecular flexibility index (Phi) is 7.45. The van der Waals surface area contributed by atoms with E-state index in [1.165, 1.54) is 6.07 Å². The van der Waals surface area contributed by atoms with Gasteiger partial charge in [-0.05, 0) is 51.6 Å². The van der Waals surface area contributed by atoms with Gasteiger partial charge in [0.15, 0.2) is 5.65 Å². The normalized spacial score (nSPS) is 11.4. The van der Waals surface area contributed by atoms with Crippen LogP contribution in [0.3, 0.4) is 0 Å². The highest BCUT2D eigenvalue weighted by molar-refractivity contribution is 5.86. The van der Waals surface area contributed by atoms with Crippen LogP contribution >= 0.6 is 0 Å². The Bertz CT molecular complexity index is 1110. The summed E-state index contributed by atoms with van der Waals surface area (Å²) in [6, 6.07) is 6.61. The highest BCUT2D eigenvalue weighted by Crippen LogP contribution is 2.30. The average molecular weight is 442 g/mol. The molecule has 0 N–H and O–H groups in total. The number of carbonyl (C=O) groups excluding carboxylic acids is 1. The highest BCUT2D eigenvalue weighted by Gasteiger charge is 2.20. The zero-order chi connectivity index (χ0) is 23.4. The summed E-state index contributed by atoms with van der Waals surface area (Å²) in [5, 5.41) is 5.26. The minimum absolute atomic E-state index is 0.00727. The van der Waals surface area contributed by atoms with Crippen LogP contribution in [-0.4, -0.2) is 64.8 Å². The molecule has 3 aromatic rings. The lowest BCUT2D eigenvalue weighted by molar-refractivity contribution is -0.132. The van der Waals surface area contributed by atoms with Crippen molar-refractivity contribution in [1.82, 2.24) is 24.6 Å². The van der Waals surface area contributed by atoms with Gasteiger partial charge in [0.1, 0.15) is 5.82 Å². The molecule has 0 aliphatic rings. The first-order valence-corrected chi connectivity index (χ1v) is 10.8. The van der Waals surface area contributed by atoms with Crippen molar-refractivity contribution < 1.29 is 13.9 Å². The minimum Gasteiger partial charge on any atom is -0.479 e. The molecule has 1 aromatic carbocycles. The van der Waals surface area contributed by atoms with E-state index in [1.807, 2.05) is 39.9 Å². The molecule has 0 radical (unpaired) electrons. The van der Waals surface area contributed by atoms with Gasteiger partial charge >= 0.3 is 0 Å². The van der Waals surface area contributed by atoms with Crippen molar-refractivity contribution in [2.75, 3.05) is 34.3 Å². The van der Waals surface area contributed by atoms with Crippen molar-refractivity contribution in [2.24, 2.45) is 7.05 Å². The fraction of sp³-hybridized carbons (Fsp3) is 0.458. The second-order valence-corrected chi connectivity index (χ2v) is 8.34. The van der Waals surface area contributed by atoms with E-state index in [-0.39, 0.29) is 18.3 Å². The number of carbonyl (C=O) groups is 1. The number of nitrogens with zero attached hydrogens (tertiary/aromatic N) is 5. The Labute approximate surface area is 188 Å². The molecule has 8 heteroatoms. The molecular formula is C24H32FN5O2. The predicted molar refractivity (Wildman–Crippen MR) is 123 cm³/mol. The van der Waals surface area contributed by atoms with Crippen LogP contribution in [0, 0.1) is 19.7 Å². The van der Waals surface area contributed by atoms with Gasteiger partial charge in [0.05, 0.1) is 12.5 Å². The third-order valence-electron chi connectivity index (χ3n) is 5.79. The first-order valence-electron chi connectivity index (χ1n) is 10.8. The van der Waals surface area contributed by atoms with E-state index < -0.39 is 0 Å². The van der Waals surface area contributed by atoms with Crippen molar-refractivity contribution in [1.29, 1.82) is 0 Å². The van der Waals surface area contributed by atoms with Crippen molar-refractivity contribution >= 4 is 16.9 Å². The van der Waals surface area contributed by atoms with E-state index in [1.54, 1.807) is 34.9 Å². The third-order valence-corrected chi connectivity index (χ3v) is 5.79. The molecule has 0 aliphatic heterocycles. The number of likely N-dealkylation sites (N-methyl/N-ethyl adjacent to an activating group) is 1. The SMILES string of the molecule is COc1nn(C)c2nc(C)c(CCC(=O)N(CCN(C)C)Cc3ccccc3F)c(C)c12. The molecule has 7 nitrogen and oxygen atoms in total. The smallest absolute Gasteiger partial charge is 0.242 e. The highest BCUT2D eigenvalue weighted by atomic mass is 19.1. The van der Waals surface area contributed by atoms with Gasteiger partial charge in [0.2, 0.25) is 11.8 Å². The number of pyridine rings is 1. The number of hydrogen-bond donors (Lipinski definition) is 0. The topological polar surface area (TPSA) is 63.5 Å². The molecule has 0 saturated heterocycles. The predicted octanol–water partition coefficient (Wildman–Crippen LogP) is 3.26. The minimum atomic E-state index is -0.292.